The fraction of sp³-hybridized carbons (Fsp3) is 0.316. The molecule has 0 bridgehead atoms. The molecule has 1 unspecified atom stereocenters. The minimum absolute atomic E-state index is 0.183. The lowest BCUT2D eigenvalue weighted by Crippen LogP contribution is -2.31. The summed E-state index contributed by atoms with van der Waals surface area (Å²) < 4.78 is 18.6. The zero-order valence-corrected chi connectivity index (χ0v) is 14.2. The molecule has 0 spiro atoms. The Balaban J connectivity index is 1.94. The Kier molecular flexibility index (Phi) is 6.18. The molecule has 2 N–H and O–H groups in total. The molecule has 24 heavy (non-hydrogen) atoms. The number of nitrogens with one attached hydrogen (secondary N) is 2. The van der Waals surface area contributed by atoms with E-state index in [1.54, 1.807) is 19.1 Å². The molecule has 0 saturated heterocycles. The topological polar surface area (TPSA) is 50.4 Å². The van der Waals surface area contributed by atoms with Gasteiger partial charge in [0.2, 0.25) is 0 Å². The number of rotatable bonds is 6. The number of hydrogen-bond donors (Lipinski definition) is 2. The Morgan fingerprint density at radius 3 is 2.50 bits per heavy atom. The van der Waals surface area contributed by atoms with Gasteiger partial charge in [0.1, 0.15) is 0 Å². The van der Waals surface area contributed by atoms with Gasteiger partial charge >= 0.3 is 6.03 Å². The fourth-order valence-corrected chi connectivity index (χ4v) is 2.44. The Hall–Kier alpha value is -2.56. The van der Waals surface area contributed by atoms with Gasteiger partial charge in [0.05, 0.1) is 13.2 Å². The maximum Gasteiger partial charge on any atom is 0.319 e. The van der Waals surface area contributed by atoms with E-state index in [9.17, 15) is 9.18 Å². The SMILES string of the molecule is CCCc1ccc(NC(=O)NC(C)c2ccc(OC)c(F)c2)cc1. The van der Waals surface area contributed by atoms with Crippen LogP contribution in [-0.4, -0.2) is 13.1 Å². The summed E-state index contributed by atoms with van der Waals surface area (Å²) in [5.41, 5.74) is 2.63. The maximum absolute atomic E-state index is 13.7. The van der Waals surface area contributed by atoms with Crippen molar-refractivity contribution in [3.05, 3.63) is 59.4 Å². The van der Waals surface area contributed by atoms with Crippen LogP contribution < -0.4 is 15.4 Å². The van der Waals surface area contributed by atoms with Crippen LogP contribution in [0.5, 0.6) is 5.75 Å². The molecule has 0 fully saturated rings. The van der Waals surface area contributed by atoms with Gasteiger partial charge in [0.15, 0.2) is 11.6 Å². The summed E-state index contributed by atoms with van der Waals surface area (Å²) in [5, 5.41) is 5.57. The van der Waals surface area contributed by atoms with Crippen LogP contribution >= 0.6 is 0 Å². The number of carbonyl (C=O) groups is 1. The van der Waals surface area contributed by atoms with Gasteiger partial charge in [0, 0.05) is 5.69 Å². The van der Waals surface area contributed by atoms with E-state index in [-0.39, 0.29) is 17.8 Å². The van der Waals surface area contributed by atoms with Crippen LogP contribution in [0.4, 0.5) is 14.9 Å². The summed E-state index contributed by atoms with van der Waals surface area (Å²) in [7, 11) is 1.42. The van der Waals surface area contributed by atoms with Gasteiger partial charge in [-0.15, -0.1) is 0 Å². The number of urea groups is 1. The van der Waals surface area contributed by atoms with E-state index in [2.05, 4.69) is 17.6 Å². The molecular weight excluding hydrogens is 307 g/mol. The van der Waals surface area contributed by atoms with Crippen molar-refractivity contribution in [3.8, 4) is 5.75 Å². The van der Waals surface area contributed by atoms with Crippen molar-refractivity contribution in [2.45, 2.75) is 32.7 Å². The highest BCUT2D eigenvalue weighted by atomic mass is 19.1. The average molecular weight is 330 g/mol. The second kappa shape index (κ2) is 8.34. The lowest BCUT2D eigenvalue weighted by Gasteiger charge is -2.16. The molecule has 0 saturated carbocycles. The maximum atomic E-state index is 13.7. The third-order valence-electron chi connectivity index (χ3n) is 3.77. The lowest BCUT2D eigenvalue weighted by molar-refractivity contribution is 0.249. The molecule has 0 radical (unpaired) electrons. The molecule has 0 aliphatic carbocycles. The first-order valence-corrected chi connectivity index (χ1v) is 8.03. The normalized spacial score (nSPS) is 11.7. The Bertz CT molecular complexity index is 686. The number of halogens is 1. The second-order valence-electron chi connectivity index (χ2n) is 5.66. The zero-order valence-electron chi connectivity index (χ0n) is 14.2. The molecule has 0 aromatic heterocycles. The van der Waals surface area contributed by atoms with E-state index in [1.807, 2.05) is 24.3 Å². The van der Waals surface area contributed by atoms with E-state index in [0.717, 1.165) is 18.5 Å². The first-order chi connectivity index (χ1) is 11.5. The molecule has 128 valence electrons. The van der Waals surface area contributed by atoms with Gasteiger partial charge in [-0.3, -0.25) is 0 Å². The molecular formula is C19H23FN2O2. The van der Waals surface area contributed by atoms with Gasteiger partial charge in [-0.2, -0.15) is 0 Å². The van der Waals surface area contributed by atoms with Crippen LogP contribution in [0.25, 0.3) is 0 Å². The predicted molar refractivity (Wildman–Crippen MR) is 94.0 cm³/mol. The summed E-state index contributed by atoms with van der Waals surface area (Å²) >= 11 is 0. The van der Waals surface area contributed by atoms with Crippen LogP contribution in [0.3, 0.4) is 0 Å². The number of aryl methyl sites for hydroxylation is 1. The quantitative estimate of drug-likeness (QED) is 0.808. The van der Waals surface area contributed by atoms with Gasteiger partial charge < -0.3 is 15.4 Å². The van der Waals surface area contributed by atoms with Crippen molar-refractivity contribution in [1.29, 1.82) is 0 Å². The van der Waals surface area contributed by atoms with Gasteiger partial charge in [-0.1, -0.05) is 31.5 Å². The Morgan fingerprint density at radius 1 is 1.21 bits per heavy atom. The van der Waals surface area contributed by atoms with Gasteiger partial charge in [0.25, 0.3) is 0 Å². The molecule has 4 nitrogen and oxygen atoms in total. The fourth-order valence-electron chi connectivity index (χ4n) is 2.44. The summed E-state index contributed by atoms with van der Waals surface area (Å²) in [6.07, 6.45) is 2.11. The highest BCUT2D eigenvalue weighted by Gasteiger charge is 2.12. The van der Waals surface area contributed by atoms with E-state index in [4.69, 9.17) is 4.74 Å². The van der Waals surface area contributed by atoms with E-state index in [0.29, 0.717) is 5.56 Å². The smallest absolute Gasteiger partial charge is 0.319 e. The van der Waals surface area contributed by atoms with Crippen LogP contribution in [0.1, 0.15) is 37.4 Å². The minimum Gasteiger partial charge on any atom is -0.494 e. The third kappa shape index (κ3) is 4.72. The van der Waals surface area contributed by atoms with Crippen molar-refractivity contribution in [2.24, 2.45) is 0 Å². The summed E-state index contributed by atoms with van der Waals surface area (Å²) in [4.78, 5) is 12.1. The van der Waals surface area contributed by atoms with E-state index < -0.39 is 5.82 Å². The largest absolute Gasteiger partial charge is 0.494 e. The molecule has 1 atom stereocenters. The molecule has 0 heterocycles. The summed E-state index contributed by atoms with van der Waals surface area (Å²) in [6.45, 7) is 3.92. The minimum atomic E-state index is -0.449. The van der Waals surface area contributed by atoms with Crippen molar-refractivity contribution in [1.82, 2.24) is 5.32 Å². The molecule has 5 heteroatoms. The monoisotopic (exact) mass is 330 g/mol. The van der Waals surface area contributed by atoms with Crippen molar-refractivity contribution in [3.63, 3.8) is 0 Å². The summed E-state index contributed by atoms with van der Waals surface area (Å²) in [5.74, 6) is -0.266. The number of anilines is 1. The predicted octanol–water partition coefficient (Wildman–Crippen LogP) is 4.67. The van der Waals surface area contributed by atoms with Crippen LogP contribution in [-0.2, 0) is 6.42 Å². The number of hydrogen-bond acceptors (Lipinski definition) is 2. The van der Waals surface area contributed by atoms with Crippen LogP contribution in [0.2, 0.25) is 0 Å². The van der Waals surface area contributed by atoms with E-state index in [1.165, 1.54) is 18.7 Å². The number of benzene rings is 2. The van der Waals surface area contributed by atoms with Crippen molar-refractivity contribution in [2.75, 3.05) is 12.4 Å². The Labute approximate surface area is 142 Å². The molecule has 2 aromatic carbocycles. The van der Waals surface area contributed by atoms with Crippen LogP contribution in [0, 0.1) is 5.82 Å². The molecule has 2 aromatic rings. The van der Waals surface area contributed by atoms with Gasteiger partial charge in [-0.05, 0) is 48.7 Å². The standard InChI is InChI=1S/C19H23FN2O2/c1-4-5-14-6-9-16(10-7-14)22-19(23)21-13(2)15-8-11-18(24-3)17(20)12-15/h6-13H,4-5H2,1-3H3,(H2,21,22,23). The average Bonchev–Trinajstić information content (AvgIpc) is 2.56. The number of amides is 2. The molecule has 2 amide bonds. The number of ether oxygens (including phenoxy) is 1. The van der Waals surface area contributed by atoms with E-state index >= 15 is 0 Å². The van der Waals surface area contributed by atoms with Crippen molar-refractivity contribution < 1.29 is 13.9 Å². The lowest BCUT2D eigenvalue weighted by atomic mass is 10.1. The van der Waals surface area contributed by atoms with Crippen LogP contribution in [0.15, 0.2) is 42.5 Å². The second-order valence-corrected chi connectivity index (χ2v) is 5.66. The van der Waals surface area contributed by atoms with Crippen molar-refractivity contribution >= 4 is 11.7 Å². The number of carbonyl (C=O) groups excluding carboxylic acids is 1. The highest BCUT2D eigenvalue weighted by Crippen LogP contribution is 2.21. The van der Waals surface area contributed by atoms with Gasteiger partial charge in [-0.25, -0.2) is 9.18 Å². The molecule has 0 aliphatic rings. The Morgan fingerprint density at radius 2 is 1.92 bits per heavy atom. The summed E-state index contributed by atoms with van der Waals surface area (Å²) in [6, 6.07) is 11.7. The number of methoxy groups -OCH3 is 1. The third-order valence-corrected chi connectivity index (χ3v) is 3.77. The first kappa shape index (κ1) is 17.8. The molecule has 2 rings (SSSR count). The molecule has 0 aliphatic heterocycles. The zero-order chi connectivity index (χ0) is 17.5. The highest BCUT2D eigenvalue weighted by molar-refractivity contribution is 5.89. The first-order valence-electron chi connectivity index (χ1n) is 8.03.